The van der Waals surface area contributed by atoms with Gasteiger partial charge in [0.05, 0.1) is 10.9 Å². The van der Waals surface area contributed by atoms with Crippen LogP contribution >= 0.6 is 11.6 Å². The van der Waals surface area contributed by atoms with Gasteiger partial charge in [-0.1, -0.05) is 35.9 Å². The molecule has 0 aliphatic carbocycles. The molecule has 27 heavy (non-hydrogen) atoms. The minimum absolute atomic E-state index is 0.0784. The molecule has 2 heterocycles. The molecule has 0 spiro atoms. The van der Waals surface area contributed by atoms with Crippen LogP contribution in [0, 0.1) is 6.92 Å². The molecule has 4 rings (SSSR count). The molecule has 0 atom stereocenters. The minimum Gasteiger partial charge on any atom is -0.455 e. The van der Waals surface area contributed by atoms with Crippen LogP contribution in [0.25, 0.3) is 21.9 Å². The maximum Gasteiger partial charge on any atom is 0.374 e. The second kappa shape index (κ2) is 6.85. The molecule has 0 aliphatic heterocycles. The van der Waals surface area contributed by atoms with Crippen molar-refractivity contribution >= 4 is 39.4 Å². The number of carbonyl (C=O) groups excluding carboxylic acids is 1. The summed E-state index contributed by atoms with van der Waals surface area (Å²) in [6.45, 7) is 1.90. The van der Waals surface area contributed by atoms with Crippen LogP contribution in [0.2, 0.25) is 5.15 Å². The van der Waals surface area contributed by atoms with Crippen molar-refractivity contribution in [2.75, 3.05) is 0 Å². The van der Waals surface area contributed by atoms with Gasteiger partial charge in [-0.2, -0.15) is 0 Å². The van der Waals surface area contributed by atoms with Crippen molar-refractivity contribution in [2.45, 2.75) is 13.5 Å². The van der Waals surface area contributed by atoms with Gasteiger partial charge in [0, 0.05) is 17.0 Å². The Hall–Kier alpha value is -3.18. The van der Waals surface area contributed by atoms with Crippen molar-refractivity contribution in [3.8, 4) is 0 Å². The third kappa shape index (κ3) is 3.41. The number of esters is 1. The molecular weight excluding hydrogens is 366 g/mol. The first kappa shape index (κ1) is 17.2. The molecule has 0 fully saturated rings. The van der Waals surface area contributed by atoms with E-state index in [-0.39, 0.29) is 22.9 Å². The number of pyridine rings is 1. The summed E-state index contributed by atoms with van der Waals surface area (Å²) in [6, 6.07) is 15.5. The summed E-state index contributed by atoms with van der Waals surface area (Å²) in [6.07, 6.45) is 0. The van der Waals surface area contributed by atoms with Crippen molar-refractivity contribution in [1.82, 2.24) is 4.98 Å². The summed E-state index contributed by atoms with van der Waals surface area (Å²) in [5.41, 5.74) is 2.46. The average molecular weight is 380 g/mol. The molecule has 0 aliphatic rings. The summed E-state index contributed by atoms with van der Waals surface area (Å²) in [5, 5.41) is 1.57. The van der Waals surface area contributed by atoms with Gasteiger partial charge in [-0.05, 0) is 36.8 Å². The van der Waals surface area contributed by atoms with E-state index in [0.717, 1.165) is 22.5 Å². The fourth-order valence-electron chi connectivity index (χ4n) is 2.82. The first-order valence-corrected chi connectivity index (χ1v) is 8.65. The summed E-state index contributed by atoms with van der Waals surface area (Å²) in [7, 11) is 0. The van der Waals surface area contributed by atoms with Gasteiger partial charge >= 0.3 is 5.97 Å². The number of fused-ring (bicyclic) bond motifs is 2. The SMILES string of the molecule is Cc1ccc2cc(COC(=O)c3cc(=O)c4ccccc4o3)c(Cl)nc2c1. The van der Waals surface area contributed by atoms with Crippen molar-refractivity contribution in [3.63, 3.8) is 0 Å². The molecule has 5 nitrogen and oxygen atoms in total. The molecule has 6 heteroatoms. The lowest BCUT2D eigenvalue weighted by Gasteiger charge is -2.08. The fourth-order valence-corrected chi connectivity index (χ4v) is 3.02. The predicted octanol–water partition coefficient (Wildman–Crippen LogP) is 4.66. The maximum atomic E-state index is 12.3. The molecule has 0 N–H and O–H groups in total. The molecule has 4 aromatic rings. The van der Waals surface area contributed by atoms with Crippen LogP contribution < -0.4 is 5.43 Å². The Morgan fingerprint density at radius 3 is 2.81 bits per heavy atom. The van der Waals surface area contributed by atoms with E-state index in [9.17, 15) is 9.59 Å². The zero-order chi connectivity index (χ0) is 19.0. The number of ether oxygens (including phenoxy) is 1. The van der Waals surface area contributed by atoms with Gasteiger partial charge in [-0.3, -0.25) is 4.79 Å². The molecule has 0 unspecified atom stereocenters. The smallest absolute Gasteiger partial charge is 0.374 e. The van der Waals surface area contributed by atoms with E-state index in [1.165, 1.54) is 0 Å². The number of aromatic nitrogens is 1. The van der Waals surface area contributed by atoms with Gasteiger partial charge in [-0.25, -0.2) is 9.78 Å². The summed E-state index contributed by atoms with van der Waals surface area (Å²) in [4.78, 5) is 28.8. The summed E-state index contributed by atoms with van der Waals surface area (Å²) < 4.78 is 10.8. The van der Waals surface area contributed by atoms with Gasteiger partial charge in [-0.15, -0.1) is 0 Å². The number of hydrogen-bond acceptors (Lipinski definition) is 5. The van der Waals surface area contributed by atoms with Crippen molar-refractivity contribution in [2.24, 2.45) is 0 Å². The molecular formula is C21H14ClNO4. The van der Waals surface area contributed by atoms with Gasteiger partial charge in [0.2, 0.25) is 5.76 Å². The second-order valence-electron chi connectivity index (χ2n) is 6.18. The monoisotopic (exact) mass is 379 g/mol. The van der Waals surface area contributed by atoms with E-state index in [4.69, 9.17) is 20.8 Å². The molecule has 0 amide bonds. The Labute approximate surface area is 159 Å². The normalized spacial score (nSPS) is 11.0. The number of aryl methyl sites for hydroxylation is 1. The Morgan fingerprint density at radius 2 is 1.96 bits per heavy atom. The van der Waals surface area contributed by atoms with Crippen LogP contribution in [0.4, 0.5) is 0 Å². The highest BCUT2D eigenvalue weighted by atomic mass is 35.5. The molecule has 2 aromatic carbocycles. The van der Waals surface area contributed by atoms with Crippen molar-refractivity contribution in [1.29, 1.82) is 0 Å². The highest BCUT2D eigenvalue weighted by molar-refractivity contribution is 6.30. The number of hydrogen-bond donors (Lipinski definition) is 0. The number of carbonyl (C=O) groups is 1. The first-order valence-electron chi connectivity index (χ1n) is 8.27. The lowest BCUT2D eigenvalue weighted by atomic mass is 10.1. The average Bonchev–Trinajstić information content (AvgIpc) is 2.66. The third-order valence-electron chi connectivity index (χ3n) is 4.19. The number of benzene rings is 2. The number of nitrogens with zero attached hydrogens (tertiary/aromatic N) is 1. The highest BCUT2D eigenvalue weighted by Gasteiger charge is 2.15. The maximum absolute atomic E-state index is 12.3. The Morgan fingerprint density at radius 1 is 1.15 bits per heavy atom. The number of para-hydroxylation sites is 1. The lowest BCUT2D eigenvalue weighted by Crippen LogP contribution is -2.10. The van der Waals surface area contributed by atoms with Crippen LogP contribution in [-0.4, -0.2) is 11.0 Å². The molecule has 134 valence electrons. The van der Waals surface area contributed by atoms with Crippen LogP contribution in [-0.2, 0) is 11.3 Å². The van der Waals surface area contributed by atoms with Gasteiger partial charge in [0.1, 0.15) is 17.3 Å². The van der Waals surface area contributed by atoms with E-state index in [0.29, 0.717) is 16.5 Å². The predicted molar refractivity (Wildman–Crippen MR) is 103 cm³/mol. The highest BCUT2D eigenvalue weighted by Crippen LogP contribution is 2.22. The van der Waals surface area contributed by atoms with Crippen LogP contribution in [0.3, 0.4) is 0 Å². The van der Waals surface area contributed by atoms with Crippen LogP contribution in [0.15, 0.2) is 63.8 Å². The second-order valence-corrected chi connectivity index (χ2v) is 6.54. The van der Waals surface area contributed by atoms with E-state index in [1.807, 2.05) is 31.2 Å². The van der Waals surface area contributed by atoms with E-state index in [1.54, 1.807) is 24.3 Å². The molecule has 0 radical (unpaired) electrons. The quantitative estimate of drug-likeness (QED) is 0.382. The standard InChI is InChI=1S/C21H14ClNO4/c1-12-6-7-13-9-14(20(22)23-16(13)8-12)11-26-21(25)19-10-17(24)15-4-2-3-5-18(15)27-19/h2-10H,11H2,1H3. The molecule has 0 bridgehead atoms. The Bertz CT molecular complexity index is 1250. The van der Waals surface area contributed by atoms with Gasteiger partial charge in [0.15, 0.2) is 5.43 Å². The van der Waals surface area contributed by atoms with E-state index < -0.39 is 5.97 Å². The number of rotatable bonds is 3. The largest absolute Gasteiger partial charge is 0.455 e. The topological polar surface area (TPSA) is 69.4 Å². The number of halogens is 1. The van der Waals surface area contributed by atoms with Crippen LogP contribution in [0.5, 0.6) is 0 Å². The minimum atomic E-state index is -0.738. The first-order chi connectivity index (χ1) is 13.0. The summed E-state index contributed by atoms with van der Waals surface area (Å²) in [5.74, 6) is -0.892. The van der Waals surface area contributed by atoms with Crippen molar-refractivity contribution in [3.05, 3.63) is 86.9 Å². The lowest BCUT2D eigenvalue weighted by molar-refractivity contribution is 0.0436. The van der Waals surface area contributed by atoms with E-state index >= 15 is 0 Å². The molecule has 0 saturated carbocycles. The van der Waals surface area contributed by atoms with Gasteiger partial charge in [0.25, 0.3) is 0 Å². The Balaban J connectivity index is 1.59. The fraction of sp³-hybridized carbons (Fsp3) is 0.0952. The van der Waals surface area contributed by atoms with Gasteiger partial charge < -0.3 is 9.15 Å². The Kier molecular flexibility index (Phi) is 4.38. The molecule has 0 saturated heterocycles. The van der Waals surface area contributed by atoms with E-state index in [2.05, 4.69) is 4.98 Å². The summed E-state index contributed by atoms with van der Waals surface area (Å²) >= 11 is 6.21. The third-order valence-corrected chi connectivity index (χ3v) is 4.52. The van der Waals surface area contributed by atoms with Crippen molar-refractivity contribution < 1.29 is 13.9 Å². The zero-order valence-corrected chi connectivity index (χ0v) is 15.1. The molecule has 2 aromatic heterocycles. The van der Waals surface area contributed by atoms with Crippen LogP contribution in [0.1, 0.15) is 21.7 Å². The zero-order valence-electron chi connectivity index (χ0n) is 14.4.